The molecule has 0 aliphatic rings. The molecule has 0 fully saturated rings. The van der Waals surface area contributed by atoms with Gasteiger partial charge < -0.3 is 14.8 Å². The highest BCUT2D eigenvalue weighted by atomic mass is 35.5. The van der Waals surface area contributed by atoms with Gasteiger partial charge in [-0.15, -0.1) is 0 Å². The number of amides is 1. The molecule has 0 bridgehead atoms. The third kappa shape index (κ3) is 4.13. The smallest absolute Gasteiger partial charge is 0.249 e. The van der Waals surface area contributed by atoms with E-state index in [-0.39, 0.29) is 22.1 Å². The number of methoxy groups -OCH3 is 2. The number of nitrogens with one attached hydrogen (secondary N) is 1. The molecule has 0 aromatic heterocycles. The third-order valence-electron chi connectivity index (χ3n) is 3.66. The predicted octanol–water partition coefficient (Wildman–Crippen LogP) is 3.63. The lowest BCUT2D eigenvalue weighted by molar-refractivity contribution is -0.117. The van der Waals surface area contributed by atoms with Crippen LogP contribution in [0.3, 0.4) is 0 Å². The molecule has 26 heavy (non-hydrogen) atoms. The van der Waals surface area contributed by atoms with E-state index < -0.39 is 17.6 Å². The van der Waals surface area contributed by atoms with Crippen molar-refractivity contribution in [3.63, 3.8) is 0 Å². The minimum atomic E-state index is -1.52. The van der Waals surface area contributed by atoms with Crippen molar-refractivity contribution in [1.82, 2.24) is 0 Å². The van der Waals surface area contributed by atoms with Crippen molar-refractivity contribution >= 4 is 29.0 Å². The van der Waals surface area contributed by atoms with E-state index in [9.17, 15) is 14.9 Å². The van der Waals surface area contributed by atoms with Gasteiger partial charge in [0.1, 0.15) is 0 Å². The van der Waals surface area contributed by atoms with Crippen LogP contribution in [-0.4, -0.2) is 25.9 Å². The first-order valence-electron chi connectivity index (χ1n) is 7.64. The van der Waals surface area contributed by atoms with Crippen LogP contribution in [0.25, 0.3) is 0 Å². The lowest BCUT2D eigenvalue weighted by Crippen LogP contribution is -2.28. The summed E-state index contributed by atoms with van der Waals surface area (Å²) in [6.07, 6.45) is 0. The van der Waals surface area contributed by atoms with Crippen LogP contribution in [0.2, 0.25) is 5.02 Å². The molecule has 2 aromatic carbocycles. The zero-order valence-corrected chi connectivity index (χ0v) is 15.3. The van der Waals surface area contributed by atoms with Crippen molar-refractivity contribution in [3.8, 4) is 17.6 Å². The highest BCUT2D eigenvalue weighted by Crippen LogP contribution is 2.36. The normalized spacial score (nSPS) is 11.2. The van der Waals surface area contributed by atoms with Crippen LogP contribution >= 0.6 is 11.6 Å². The number of ether oxygens (including phenoxy) is 2. The van der Waals surface area contributed by atoms with E-state index in [1.54, 1.807) is 24.3 Å². The molecule has 0 radical (unpaired) electrons. The van der Waals surface area contributed by atoms with Crippen molar-refractivity contribution in [2.75, 3.05) is 19.5 Å². The van der Waals surface area contributed by atoms with Gasteiger partial charge in [0.15, 0.2) is 23.2 Å². The highest BCUT2D eigenvalue weighted by Gasteiger charge is 2.29. The van der Waals surface area contributed by atoms with Crippen LogP contribution in [0, 0.1) is 24.2 Å². The molecule has 6 nitrogen and oxygen atoms in total. The Balaban J connectivity index is 2.30. The van der Waals surface area contributed by atoms with Crippen molar-refractivity contribution in [3.05, 3.63) is 52.5 Å². The average molecular weight is 373 g/mol. The second-order valence-electron chi connectivity index (χ2n) is 5.48. The molecule has 0 saturated heterocycles. The Labute approximate surface area is 156 Å². The summed E-state index contributed by atoms with van der Waals surface area (Å²) in [5.41, 5.74) is 1.53. The fourth-order valence-corrected chi connectivity index (χ4v) is 2.69. The Morgan fingerprint density at radius 3 is 2.50 bits per heavy atom. The van der Waals surface area contributed by atoms with Crippen LogP contribution in [-0.2, 0) is 4.79 Å². The molecule has 2 rings (SSSR count). The van der Waals surface area contributed by atoms with Gasteiger partial charge in [0, 0.05) is 11.3 Å². The quantitative estimate of drug-likeness (QED) is 0.618. The van der Waals surface area contributed by atoms with Gasteiger partial charge >= 0.3 is 0 Å². The Morgan fingerprint density at radius 1 is 1.19 bits per heavy atom. The number of rotatable bonds is 6. The molecule has 7 heteroatoms. The minimum absolute atomic E-state index is 0.0820. The summed E-state index contributed by atoms with van der Waals surface area (Å²) in [6.45, 7) is 1.87. The third-order valence-corrected chi connectivity index (χ3v) is 3.94. The van der Waals surface area contributed by atoms with E-state index in [2.05, 4.69) is 5.32 Å². The molecule has 0 aliphatic carbocycles. The van der Waals surface area contributed by atoms with Crippen LogP contribution in [0.5, 0.6) is 11.5 Å². The lowest BCUT2D eigenvalue weighted by Gasteiger charge is -2.13. The van der Waals surface area contributed by atoms with Gasteiger partial charge in [-0.25, -0.2) is 0 Å². The fraction of sp³-hybridized carbons (Fsp3) is 0.211. The summed E-state index contributed by atoms with van der Waals surface area (Å²) in [7, 11) is 2.81. The molecule has 0 unspecified atom stereocenters. The number of hydrogen-bond donors (Lipinski definition) is 1. The van der Waals surface area contributed by atoms with Crippen LogP contribution in [0.15, 0.2) is 36.4 Å². The molecular weight excluding hydrogens is 356 g/mol. The Bertz CT molecular complexity index is 890. The number of Topliss-reactive ketones (excluding diaryl/α,β-unsaturated/α-hetero) is 1. The number of hydrogen-bond acceptors (Lipinski definition) is 5. The van der Waals surface area contributed by atoms with Gasteiger partial charge in [0.25, 0.3) is 0 Å². The average Bonchev–Trinajstić information content (AvgIpc) is 2.61. The first-order chi connectivity index (χ1) is 12.4. The Morgan fingerprint density at radius 2 is 1.92 bits per heavy atom. The Kier molecular flexibility index (Phi) is 6.21. The number of aryl methyl sites for hydroxylation is 1. The minimum Gasteiger partial charge on any atom is -0.493 e. The lowest BCUT2D eigenvalue weighted by atomic mass is 9.97. The maximum atomic E-state index is 12.7. The van der Waals surface area contributed by atoms with Crippen molar-refractivity contribution in [2.24, 2.45) is 5.92 Å². The maximum Gasteiger partial charge on any atom is 0.249 e. The monoisotopic (exact) mass is 372 g/mol. The van der Waals surface area contributed by atoms with E-state index in [4.69, 9.17) is 21.1 Å². The second-order valence-corrected chi connectivity index (χ2v) is 5.89. The maximum absolute atomic E-state index is 12.7. The van der Waals surface area contributed by atoms with E-state index in [1.807, 2.05) is 13.0 Å². The molecule has 0 aliphatic heterocycles. The standard InChI is InChI=1S/C19H17ClN2O4/c1-11-5-4-6-13(7-11)22-19(24)14(10-21)17(23)12-8-15(20)18(26-3)16(9-12)25-2/h4-9,14H,1-3H3,(H,22,24)/t14-/m1/s1. The molecule has 0 spiro atoms. The number of ketones is 1. The van der Waals surface area contributed by atoms with E-state index >= 15 is 0 Å². The number of carbonyl (C=O) groups excluding carboxylic acids is 2. The van der Waals surface area contributed by atoms with Gasteiger partial charge in [-0.05, 0) is 36.8 Å². The summed E-state index contributed by atoms with van der Waals surface area (Å²) in [5, 5.41) is 12.1. The van der Waals surface area contributed by atoms with Crippen LogP contribution in [0.4, 0.5) is 5.69 Å². The molecule has 0 saturated carbocycles. The summed E-state index contributed by atoms with van der Waals surface area (Å²) in [5.74, 6) is -2.42. The number of nitriles is 1. The number of carbonyl (C=O) groups is 2. The second kappa shape index (κ2) is 8.37. The summed E-state index contributed by atoms with van der Waals surface area (Å²) >= 11 is 6.09. The molecule has 1 N–H and O–H groups in total. The first kappa shape index (κ1) is 19.3. The molecule has 0 heterocycles. The molecule has 1 amide bonds. The molecule has 1 atom stereocenters. The van der Waals surface area contributed by atoms with Gasteiger partial charge in [-0.3, -0.25) is 9.59 Å². The molecular formula is C19H17ClN2O4. The van der Waals surface area contributed by atoms with Gasteiger partial charge in [-0.1, -0.05) is 23.7 Å². The van der Waals surface area contributed by atoms with Crippen LogP contribution < -0.4 is 14.8 Å². The van der Waals surface area contributed by atoms with E-state index in [1.165, 1.54) is 26.4 Å². The van der Waals surface area contributed by atoms with Gasteiger partial charge in [-0.2, -0.15) is 5.26 Å². The van der Waals surface area contributed by atoms with Crippen molar-refractivity contribution < 1.29 is 19.1 Å². The van der Waals surface area contributed by atoms with E-state index in [0.717, 1.165) is 5.56 Å². The largest absolute Gasteiger partial charge is 0.493 e. The first-order valence-corrected chi connectivity index (χ1v) is 8.02. The molecule has 134 valence electrons. The SMILES string of the molecule is COc1cc(C(=O)[C@@H](C#N)C(=O)Nc2cccc(C)c2)cc(Cl)c1OC. The van der Waals surface area contributed by atoms with Crippen molar-refractivity contribution in [2.45, 2.75) is 6.92 Å². The number of benzene rings is 2. The van der Waals surface area contributed by atoms with E-state index in [0.29, 0.717) is 5.69 Å². The summed E-state index contributed by atoms with van der Waals surface area (Å²) in [4.78, 5) is 25.0. The number of anilines is 1. The summed E-state index contributed by atoms with van der Waals surface area (Å²) < 4.78 is 10.3. The topological polar surface area (TPSA) is 88.4 Å². The Hall–Kier alpha value is -3.04. The van der Waals surface area contributed by atoms with Crippen molar-refractivity contribution in [1.29, 1.82) is 5.26 Å². The number of nitrogens with zero attached hydrogens (tertiary/aromatic N) is 1. The van der Waals surface area contributed by atoms with Gasteiger partial charge in [0.05, 0.1) is 25.3 Å². The summed E-state index contributed by atoms with van der Waals surface area (Å²) in [6, 6.07) is 11.5. The highest BCUT2D eigenvalue weighted by molar-refractivity contribution is 6.33. The number of halogens is 1. The van der Waals surface area contributed by atoms with Crippen LogP contribution in [0.1, 0.15) is 15.9 Å². The zero-order chi connectivity index (χ0) is 19.3. The fourth-order valence-electron chi connectivity index (χ4n) is 2.40. The molecule has 2 aromatic rings. The zero-order valence-electron chi connectivity index (χ0n) is 14.5. The van der Waals surface area contributed by atoms with Gasteiger partial charge in [0.2, 0.25) is 5.91 Å². The predicted molar refractivity (Wildman–Crippen MR) is 97.8 cm³/mol.